The fourth-order valence-corrected chi connectivity index (χ4v) is 2.16. The number of nitrogens with zero attached hydrogens (tertiary/aromatic N) is 1. The summed E-state index contributed by atoms with van der Waals surface area (Å²) in [5, 5.41) is 5.90. The maximum Gasteiger partial charge on any atom is 0.236 e. The molecule has 6 heteroatoms. The summed E-state index contributed by atoms with van der Waals surface area (Å²) in [6.45, 7) is 5.52. The van der Waals surface area contributed by atoms with Crippen molar-refractivity contribution in [2.45, 2.75) is 19.8 Å². The number of methoxy groups -OCH3 is 1. The van der Waals surface area contributed by atoms with Crippen molar-refractivity contribution in [1.82, 2.24) is 15.5 Å². The molecule has 1 aliphatic rings. The number of hydrogen-bond donors (Lipinski definition) is 2. The predicted octanol–water partition coefficient (Wildman–Crippen LogP) is -0.403. The Morgan fingerprint density at radius 1 is 1.32 bits per heavy atom. The molecule has 19 heavy (non-hydrogen) atoms. The second-order valence-corrected chi connectivity index (χ2v) is 4.93. The highest BCUT2D eigenvalue weighted by Crippen LogP contribution is 2.16. The Morgan fingerprint density at radius 2 is 2.00 bits per heavy atom. The van der Waals surface area contributed by atoms with Crippen molar-refractivity contribution in [1.29, 1.82) is 0 Å². The molecule has 1 rings (SSSR count). The van der Waals surface area contributed by atoms with Crippen LogP contribution in [0, 0.1) is 5.92 Å². The lowest BCUT2D eigenvalue weighted by atomic mass is 9.97. The lowest BCUT2D eigenvalue weighted by Crippen LogP contribution is -2.44. The number of hydrogen-bond acceptors (Lipinski definition) is 4. The third-order valence-electron chi connectivity index (χ3n) is 3.37. The van der Waals surface area contributed by atoms with Crippen LogP contribution in [0.25, 0.3) is 0 Å². The summed E-state index contributed by atoms with van der Waals surface area (Å²) in [5.74, 6) is 0.657. The Morgan fingerprint density at radius 3 is 2.58 bits per heavy atom. The zero-order valence-corrected chi connectivity index (χ0v) is 11.9. The normalized spacial score (nSPS) is 16.4. The highest BCUT2D eigenvalue weighted by molar-refractivity contribution is 5.78. The molecule has 0 bridgehead atoms. The molecule has 6 nitrogen and oxygen atoms in total. The van der Waals surface area contributed by atoms with E-state index < -0.39 is 0 Å². The maximum atomic E-state index is 11.9. The van der Waals surface area contributed by atoms with E-state index in [0.29, 0.717) is 25.6 Å². The molecule has 0 aromatic carbocycles. The van der Waals surface area contributed by atoms with Gasteiger partial charge in [-0.25, -0.2) is 0 Å². The zero-order valence-electron chi connectivity index (χ0n) is 11.9. The smallest absolute Gasteiger partial charge is 0.236 e. The highest BCUT2D eigenvalue weighted by Gasteiger charge is 2.22. The van der Waals surface area contributed by atoms with Crippen LogP contribution in [0.3, 0.4) is 0 Å². The van der Waals surface area contributed by atoms with Crippen LogP contribution in [-0.2, 0) is 14.3 Å². The Kier molecular flexibility index (Phi) is 7.43. The van der Waals surface area contributed by atoms with Gasteiger partial charge in [0.15, 0.2) is 0 Å². The van der Waals surface area contributed by atoms with Gasteiger partial charge in [0.05, 0.1) is 13.2 Å². The molecular formula is C13H25N3O3. The molecule has 1 saturated heterocycles. The topological polar surface area (TPSA) is 70.7 Å². The zero-order chi connectivity index (χ0) is 14.1. The predicted molar refractivity (Wildman–Crippen MR) is 72.7 cm³/mol. The maximum absolute atomic E-state index is 11.9. The molecule has 0 saturated carbocycles. The summed E-state index contributed by atoms with van der Waals surface area (Å²) in [4.78, 5) is 24.6. The molecule has 1 heterocycles. The second kappa shape index (κ2) is 8.87. The first-order chi connectivity index (χ1) is 9.13. The first kappa shape index (κ1) is 15.9. The largest absolute Gasteiger partial charge is 0.383 e. The van der Waals surface area contributed by atoms with Gasteiger partial charge in [0, 0.05) is 40.2 Å². The number of ether oxygens (including phenoxy) is 1. The summed E-state index contributed by atoms with van der Waals surface area (Å²) in [7, 11) is 1.64. The van der Waals surface area contributed by atoms with Gasteiger partial charge in [0.2, 0.25) is 11.8 Å². The van der Waals surface area contributed by atoms with Gasteiger partial charge in [-0.1, -0.05) is 0 Å². The summed E-state index contributed by atoms with van der Waals surface area (Å²) in [6, 6.07) is 0. The summed E-state index contributed by atoms with van der Waals surface area (Å²) in [5.41, 5.74) is 0. The Bertz CT molecular complexity index is 289. The van der Waals surface area contributed by atoms with Crippen LogP contribution in [0.15, 0.2) is 0 Å². The monoisotopic (exact) mass is 271 g/mol. The molecular weight excluding hydrogens is 246 g/mol. The molecule has 0 radical (unpaired) electrons. The molecule has 0 aromatic rings. The van der Waals surface area contributed by atoms with Gasteiger partial charge < -0.3 is 20.3 Å². The number of rotatable bonds is 7. The summed E-state index contributed by atoms with van der Waals surface area (Å²) in [6.07, 6.45) is 1.92. The minimum Gasteiger partial charge on any atom is -0.383 e. The molecule has 0 aliphatic carbocycles. The first-order valence-corrected chi connectivity index (χ1v) is 6.85. The minimum absolute atomic E-state index is 0.0147. The van der Waals surface area contributed by atoms with Crippen molar-refractivity contribution >= 4 is 11.8 Å². The van der Waals surface area contributed by atoms with E-state index >= 15 is 0 Å². The Balaban J connectivity index is 2.14. The Labute approximate surface area is 114 Å². The van der Waals surface area contributed by atoms with Crippen LogP contribution < -0.4 is 10.6 Å². The van der Waals surface area contributed by atoms with Crippen LogP contribution in [0.1, 0.15) is 19.8 Å². The number of carbonyl (C=O) groups excluding carboxylic acids is 2. The minimum atomic E-state index is 0.0147. The van der Waals surface area contributed by atoms with E-state index in [1.165, 1.54) is 6.92 Å². The van der Waals surface area contributed by atoms with Crippen LogP contribution in [0.4, 0.5) is 0 Å². The van der Waals surface area contributed by atoms with Gasteiger partial charge in [-0.15, -0.1) is 0 Å². The molecule has 0 unspecified atom stereocenters. The summed E-state index contributed by atoms with van der Waals surface area (Å²) < 4.78 is 4.91. The van der Waals surface area contributed by atoms with Crippen LogP contribution >= 0.6 is 0 Å². The van der Waals surface area contributed by atoms with Crippen molar-refractivity contribution in [2.24, 2.45) is 5.92 Å². The lowest BCUT2D eigenvalue weighted by molar-refractivity contribution is -0.131. The number of piperidine rings is 1. The van der Waals surface area contributed by atoms with Crippen molar-refractivity contribution in [3.63, 3.8) is 0 Å². The fraction of sp³-hybridized carbons (Fsp3) is 0.846. The number of amides is 2. The average molecular weight is 271 g/mol. The van der Waals surface area contributed by atoms with Crippen LogP contribution in [-0.4, -0.2) is 63.2 Å². The quantitative estimate of drug-likeness (QED) is 0.618. The molecule has 110 valence electrons. The van der Waals surface area contributed by atoms with E-state index in [4.69, 9.17) is 4.74 Å². The van der Waals surface area contributed by atoms with E-state index in [1.54, 1.807) is 7.11 Å². The fourth-order valence-electron chi connectivity index (χ4n) is 2.16. The van der Waals surface area contributed by atoms with Gasteiger partial charge in [0.1, 0.15) is 0 Å². The first-order valence-electron chi connectivity index (χ1n) is 6.85. The van der Waals surface area contributed by atoms with Gasteiger partial charge in [-0.05, 0) is 18.8 Å². The van der Waals surface area contributed by atoms with Crippen LogP contribution in [0.2, 0.25) is 0 Å². The second-order valence-electron chi connectivity index (χ2n) is 4.93. The Hall–Kier alpha value is -1.14. The van der Waals surface area contributed by atoms with Crippen molar-refractivity contribution in [3.8, 4) is 0 Å². The third-order valence-corrected chi connectivity index (χ3v) is 3.37. The molecule has 0 spiro atoms. The highest BCUT2D eigenvalue weighted by atomic mass is 16.5. The number of likely N-dealkylation sites (tertiary alicyclic amines) is 1. The lowest BCUT2D eigenvalue weighted by Gasteiger charge is -2.32. The van der Waals surface area contributed by atoms with Crippen molar-refractivity contribution < 1.29 is 14.3 Å². The number of nitrogens with one attached hydrogen (secondary N) is 2. The van der Waals surface area contributed by atoms with E-state index in [0.717, 1.165) is 32.5 Å². The molecule has 2 amide bonds. The SMILES string of the molecule is COCCNCC(=O)N1CCC(CNC(C)=O)CC1. The summed E-state index contributed by atoms with van der Waals surface area (Å²) >= 11 is 0. The van der Waals surface area contributed by atoms with E-state index in [1.807, 2.05) is 4.90 Å². The molecule has 1 aliphatic heterocycles. The number of carbonyl (C=O) groups is 2. The van der Waals surface area contributed by atoms with Gasteiger partial charge in [-0.3, -0.25) is 9.59 Å². The van der Waals surface area contributed by atoms with E-state index in [9.17, 15) is 9.59 Å². The van der Waals surface area contributed by atoms with Crippen molar-refractivity contribution in [3.05, 3.63) is 0 Å². The van der Waals surface area contributed by atoms with E-state index in [-0.39, 0.29) is 11.8 Å². The third kappa shape index (κ3) is 6.54. The average Bonchev–Trinajstić information content (AvgIpc) is 2.41. The van der Waals surface area contributed by atoms with Gasteiger partial charge in [0.25, 0.3) is 0 Å². The molecule has 0 aromatic heterocycles. The van der Waals surface area contributed by atoms with Crippen molar-refractivity contribution in [2.75, 3.05) is 46.4 Å². The standard InChI is InChI=1S/C13H25N3O3/c1-11(17)15-9-12-3-6-16(7-4-12)13(18)10-14-5-8-19-2/h12,14H,3-10H2,1-2H3,(H,15,17). The van der Waals surface area contributed by atoms with Crippen LogP contribution in [0.5, 0.6) is 0 Å². The molecule has 1 fully saturated rings. The molecule has 0 atom stereocenters. The van der Waals surface area contributed by atoms with Gasteiger partial charge in [-0.2, -0.15) is 0 Å². The van der Waals surface area contributed by atoms with E-state index in [2.05, 4.69) is 10.6 Å². The molecule has 2 N–H and O–H groups in total. The van der Waals surface area contributed by atoms with Gasteiger partial charge >= 0.3 is 0 Å².